The van der Waals surface area contributed by atoms with Gasteiger partial charge in [-0.25, -0.2) is 0 Å². The zero-order valence-corrected chi connectivity index (χ0v) is 13.0. The maximum Gasteiger partial charge on any atom is 0.258 e. The average molecular weight is 329 g/mol. The average Bonchev–Trinajstić information content (AvgIpc) is 2.37. The van der Waals surface area contributed by atoms with Crippen LogP contribution in [-0.4, -0.2) is 5.91 Å². The minimum Gasteiger partial charge on any atom is -0.322 e. The van der Waals surface area contributed by atoms with Gasteiger partial charge in [0.25, 0.3) is 5.91 Å². The molecule has 0 saturated heterocycles. The smallest absolute Gasteiger partial charge is 0.258 e. The van der Waals surface area contributed by atoms with Crippen LogP contribution in [0.5, 0.6) is 0 Å². The monoisotopic (exact) mass is 327 g/mol. The van der Waals surface area contributed by atoms with Crippen molar-refractivity contribution in [1.82, 2.24) is 0 Å². The number of aryl methyl sites for hydroxylation is 1. The molecule has 20 heavy (non-hydrogen) atoms. The number of amides is 1. The second-order valence-corrected chi connectivity index (χ2v) is 5.50. The molecule has 5 heteroatoms. The van der Waals surface area contributed by atoms with E-state index < -0.39 is 0 Å². The standard InChI is InChI=1S/C15H12Cl3NO/c1-2-9-4-3-5-11(6-9)19-15(20)14-12(17)7-10(16)8-13(14)18/h3-8H,2H2,1H3,(H,19,20). The number of nitrogens with one attached hydrogen (secondary N) is 1. The van der Waals surface area contributed by atoms with Crippen molar-refractivity contribution in [3.63, 3.8) is 0 Å². The number of anilines is 1. The first-order valence-corrected chi connectivity index (χ1v) is 7.19. The van der Waals surface area contributed by atoms with Gasteiger partial charge in [-0.15, -0.1) is 0 Å². The molecule has 0 aliphatic carbocycles. The van der Waals surface area contributed by atoms with Gasteiger partial charge in [-0.2, -0.15) is 0 Å². The first kappa shape index (κ1) is 15.2. The highest BCUT2D eigenvalue weighted by Crippen LogP contribution is 2.29. The van der Waals surface area contributed by atoms with E-state index in [0.29, 0.717) is 10.7 Å². The molecule has 2 aromatic carbocycles. The minimum absolute atomic E-state index is 0.222. The maximum absolute atomic E-state index is 12.2. The lowest BCUT2D eigenvalue weighted by atomic mass is 10.1. The minimum atomic E-state index is -0.357. The summed E-state index contributed by atoms with van der Waals surface area (Å²) in [4.78, 5) is 12.2. The van der Waals surface area contributed by atoms with Crippen LogP contribution in [0.3, 0.4) is 0 Å². The SMILES string of the molecule is CCc1cccc(NC(=O)c2c(Cl)cc(Cl)cc2Cl)c1. The fourth-order valence-corrected chi connectivity index (χ4v) is 2.81. The highest BCUT2D eigenvalue weighted by molar-refractivity contribution is 6.42. The van der Waals surface area contributed by atoms with Gasteiger partial charge in [0.1, 0.15) is 0 Å². The predicted molar refractivity (Wildman–Crippen MR) is 85.2 cm³/mol. The highest BCUT2D eigenvalue weighted by Gasteiger charge is 2.16. The summed E-state index contributed by atoms with van der Waals surface area (Å²) in [6.45, 7) is 2.05. The summed E-state index contributed by atoms with van der Waals surface area (Å²) in [6, 6.07) is 10.6. The Bertz CT molecular complexity index is 632. The van der Waals surface area contributed by atoms with Gasteiger partial charge < -0.3 is 5.32 Å². The Morgan fingerprint density at radius 3 is 2.35 bits per heavy atom. The predicted octanol–water partition coefficient (Wildman–Crippen LogP) is 5.46. The Morgan fingerprint density at radius 1 is 1.10 bits per heavy atom. The molecular formula is C15H12Cl3NO. The van der Waals surface area contributed by atoms with Crippen molar-refractivity contribution in [3.8, 4) is 0 Å². The Balaban J connectivity index is 2.28. The van der Waals surface area contributed by atoms with E-state index in [1.807, 2.05) is 31.2 Å². The summed E-state index contributed by atoms with van der Waals surface area (Å²) in [6.07, 6.45) is 0.895. The van der Waals surface area contributed by atoms with E-state index in [-0.39, 0.29) is 21.5 Å². The Hall–Kier alpha value is -1.22. The van der Waals surface area contributed by atoms with Crippen molar-refractivity contribution in [2.75, 3.05) is 5.32 Å². The van der Waals surface area contributed by atoms with E-state index in [1.165, 1.54) is 12.1 Å². The quantitative estimate of drug-likeness (QED) is 0.796. The molecule has 2 nitrogen and oxygen atoms in total. The molecule has 0 aliphatic heterocycles. The molecule has 0 saturated carbocycles. The largest absolute Gasteiger partial charge is 0.322 e. The van der Waals surface area contributed by atoms with E-state index in [2.05, 4.69) is 5.32 Å². The number of carbonyl (C=O) groups excluding carboxylic acids is 1. The van der Waals surface area contributed by atoms with Gasteiger partial charge in [-0.3, -0.25) is 4.79 Å². The number of benzene rings is 2. The van der Waals surface area contributed by atoms with E-state index >= 15 is 0 Å². The lowest BCUT2D eigenvalue weighted by Crippen LogP contribution is -2.13. The molecule has 0 radical (unpaired) electrons. The van der Waals surface area contributed by atoms with Crippen LogP contribution in [0.4, 0.5) is 5.69 Å². The molecule has 0 aromatic heterocycles. The van der Waals surface area contributed by atoms with Crippen LogP contribution in [0.2, 0.25) is 15.1 Å². The topological polar surface area (TPSA) is 29.1 Å². The summed E-state index contributed by atoms with van der Waals surface area (Å²) in [7, 11) is 0. The fraction of sp³-hybridized carbons (Fsp3) is 0.133. The van der Waals surface area contributed by atoms with Gasteiger partial charge in [-0.1, -0.05) is 53.9 Å². The Morgan fingerprint density at radius 2 is 1.75 bits per heavy atom. The summed E-state index contributed by atoms with van der Waals surface area (Å²) in [5.74, 6) is -0.357. The van der Waals surface area contributed by atoms with Crippen molar-refractivity contribution in [3.05, 3.63) is 62.6 Å². The summed E-state index contributed by atoms with van der Waals surface area (Å²) < 4.78 is 0. The van der Waals surface area contributed by atoms with Crippen LogP contribution in [0.25, 0.3) is 0 Å². The number of halogens is 3. The van der Waals surface area contributed by atoms with Gasteiger partial charge in [0.2, 0.25) is 0 Å². The van der Waals surface area contributed by atoms with Gasteiger partial charge >= 0.3 is 0 Å². The summed E-state index contributed by atoms with van der Waals surface area (Å²) >= 11 is 17.9. The van der Waals surface area contributed by atoms with Crippen molar-refractivity contribution in [2.24, 2.45) is 0 Å². The van der Waals surface area contributed by atoms with E-state index in [1.54, 1.807) is 0 Å². The Labute approximate surface area is 132 Å². The molecule has 1 N–H and O–H groups in total. The van der Waals surface area contributed by atoms with Gasteiger partial charge in [0.15, 0.2) is 0 Å². The van der Waals surface area contributed by atoms with Crippen LogP contribution in [0, 0.1) is 0 Å². The van der Waals surface area contributed by atoms with Crippen molar-refractivity contribution >= 4 is 46.4 Å². The molecule has 0 unspecified atom stereocenters. The Kier molecular flexibility index (Phi) is 4.92. The van der Waals surface area contributed by atoms with Crippen molar-refractivity contribution < 1.29 is 4.79 Å². The summed E-state index contributed by atoms with van der Waals surface area (Å²) in [5.41, 5.74) is 2.06. The lowest BCUT2D eigenvalue weighted by molar-refractivity contribution is 0.102. The zero-order valence-electron chi connectivity index (χ0n) is 10.7. The zero-order chi connectivity index (χ0) is 14.7. The number of rotatable bonds is 3. The van der Waals surface area contributed by atoms with Crippen molar-refractivity contribution in [1.29, 1.82) is 0 Å². The van der Waals surface area contributed by atoms with Gasteiger partial charge in [-0.05, 0) is 36.2 Å². The molecule has 0 atom stereocenters. The molecule has 2 aromatic rings. The number of carbonyl (C=O) groups is 1. The molecule has 0 spiro atoms. The normalized spacial score (nSPS) is 10.4. The van der Waals surface area contributed by atoms with Crippen molar-refractivity contribution in [2.45, 2.75) is 13.3 Å². The van der Waals surface area contributed by atoms with Crippen LogP contribution >= 0.6 is 34.8 Å². The second-order valence-electron chi connectivity index (χ2n) is 4.25. The first-order valence-electron chi connectivity index (χ1n) is 6.06. The van der Waals surface area contributed by atoms with E-state index in [9.17, 15) is 4.79 Å². The molecular weight excluding hydrogens is 317 g/mol. The van der Waals surface area contributed by atoms with Crippen LogP contribution in [-0.2, 0) is 6.42 Å². The van der Waals surface area contributed by atoms with E-state index in [4.69, 9.17) is 34.8 Å². The van der Waals surface area contributed by atoms with Gasteiger partial charge in [0.05, 0.1) is 15.6 Å². The first-order chi connectivity index (χ1) is 9.51. The van der Waals surface area contributed by atoms with Gasteiger partial charge in [0, 0.05) is 10.7 Å². The maximum atomic E-state index is 12.2. The molecule has 0 fully saturated rings. The second kappa shape index (κ2) is 6.49. The van der Waals surface area contributed by atoms with E-state index in [0.717, 1.165) is 12.0 Å². The fourth-order valence-electron chi connectivity index (χ4n) is 1.82. The third kappa shape index (κ3) is 3.45. The molecule has 2 rings (SSSR count). The molecule has 0 heterocycles. The number of hydrogen-bond acceptors (Lipinski definition) is 1. The third-order valence-corrected chi connectivity index (χ3v) is 3.64. The molecule has 0 aliphatic rings. The lowest BCUT2D eigenvalue weighted by Gasteiger charge is -2.10. The highest BCUT2D eigenvalue weighted by atomic mass is 35.5. The summed E-state index contributed by atoms with van der Waals surface area (Å²) in [5, 5.41) is 3.63. The third-order valence-electron chi connectivity index (χ3n) is 2.83. The molecule has 1 amide bonds. The van der Waals surface area contributed by atoms with Crippen LogP contribution in [0.1, 0.15) is 22.8 Å². The van der Waals surface area contributed by atoms with Crippen LogP contribution < -0.4 is 5.32 Å². The molecule has 104 valence electrons. The number of hydrogen-bond donors (Lipinski definition) is 1. The molecule has 0 bridgehead atoms. The van der Waals surface area contributed by atoms with Crippen LogP contribution in [0.15, 0.2) is 36.4 Å².